The molecule has 1 saturated heterocycles. The highest BCUT2D eigenvalue weighted by Gasteiger charge is 2.30. The Morgan fingerprint density at radius 2 is 2.14 bits per heavy atom. The minimum Gasteiger partial charge on any atom is -0.491 e. The number of hydrogen-bond donors (Lipinski definition) is 3. The van der Waals surface area contributed by atoms with Gasteiger partial charge in [-0.1, -0.05) is 25.0 Å². The fourth-order valence-corrected chi connectivity index (χ4v) is 4.17. The molecule has 2 aliphatic rings. The molecule has 0 aromatic heterocycles. The lowest BCUT2D eigenvalue weighted by molar-refractivity contribution is 0.114. The standard InChI is InChI=1S/C22H36N4O2/c1-3-23-22(25-18-11-12-26(15-18)19-8-4-5-9-19)24-14-20(27)16-28-21-10-6-7-17(2)13-21/h6-7,10,13,18-20,27H,3-5,8-9,11-12,14-16H2,1-2H3,(H2,23,24,25). The van der Waals surface area contributed by atoms with Gasteiger partial charge in [-0.15, -0.1) is 0 Å². The van der Waals surface area contributed by atoms with Crippen molar-refractivity contribution in [1.82, 2.24) is 15.5 Å². The van der Waals surface area contributed by atoms with Crippen LogP contribution in [0.1, 0.15) is 44.6 Å². The molecule has 2 fully saturated rings. The normalized spacial score (nSPS) is 22.4. The van der Waals surface area contributed by atoms with Gasteiger partial charge < -0.3 is 20.5 Å². The molecule has 0 bridgehead atoms. The van der Waals surface area contributed by atoms with Gasteiger partial charge in [0.1, 0.15) is 18.5 Å². The second-order valence-electron chi connectivity index (χ2n) is 8.06. The summed E-state index contributed by atoms with van der Waals surface area (Å²) in [7, 11) is 0. The van der Waals surface area contributed by atoms with E-state index in [1.54, 1.807) is 0 Å². The van der Waals surface area contributed by atoms with Gasteiger partial charge >= 0.3 is 0 Å². The summed E-state index contributed by atoms with van der Waals surface area (Å²) in [5.41, 5.74) is 1.15. The minimum atomic E-state index is -0.630. The Morgan fingerprint density at radius 1 is 1.32 bits per heavy atom. The number of aliphatic imine (C=N–C) groups is 1. The summed E-state index contributed by atoms with van der Waals surface area (Å²) in [5, 5.41) is 17.1. The summed E-state index contributed by atoms with van der Waals surface area (Å²) < 4.78 is 5.68. The molecular weight excluding hydrogens is 352 g/mol. The first-order chi connectivity index (χ1) is 13.6. The Kier molecular flexibility index (Phi) is 7.98. The van der Waals surface area contributed by atoms with Gasteiger partial charge in [-0.2, -0.15) is 0 Å². The van der Waals surface area contributed by atoms with Crippen molar-refractivity contribution in [3.05, 3.63) is 29.8 Å². The molecule has 2 atom stereocenters. The second kappa shape index (κ2) is 10.7. The van der Waals surface area contributed by atoms with Crippen LogP contribution < -0.4 is 15.4 Å². The molecule has 0 radical (unpaired) electrons. The van der Waals surface area contributed by atoms with Crippen molar-refractivity contribution in [2.75, 3.05) is 32.8 Å². The molecule has 0 spiro atoms. The van der Waals surface area contributed by atoms with Crippen molar-refractivity contribution < 1.29 is 9.84 Å². The first-order valence-corrected chi connectivity index (χ1v) is 10.8. The van der Waals surface area contributed by atoms with E-state index in [4.69, 9.17) is 4.74 Å². The quantitative estimate of drug-likeness (QED) is 0.471. The highest BCUT2D eigenvalue weighted by atomic mass is 16.5. The van der Waals surface area contributed by atoms with Crippen LogP contribution in [0, 0.1) is 6.92 Å². The number of nitrogens with zero attached hydrogens (tertiary/aromatic N) is 2. The third kappa shape index (κ3) is 6.38. The zero-order valence-corrected chi connectivity index (χ0v) is 17.4. The maximum atomic E-state index is 10.2. The average Bonchev–Trinajstić information content (AvgIpc) is 3.36. The summed E-state index contributed by atoms with van der Waals surface area (Å²) in [5.74, 6) is 1.57. The van der Waals surface area contributed by atoms with Gasteiger partial charge in [0.05, 0.1) is 6.54 Å². The predicted molar refractivity (Wildman–Crippen MR) is 114 cm³/mol. The van der Waals surface area contributed by atoms with E-state index in [0.717, 1.165) is 42.8 Å². The number of rotatable bonds is 8. The predicted octanol–water partition coefficient (Wildman–Crippen LogP) is 2.31. The van der Waals surface area contributed by atoms with Crippen LogP contribution in [-0.2, 0) is 0 Å². The fourth-order valence-electron chi connectivity index (χ4n) is 4.17. The van der Waals surface area contributed by atoms with E-state index >= 15 is 0 Å². The Balaban J connectivity index is 1.44. The minimum absolute atomic E-state index is 0.241. The van der Waals surface area contributed by atoms with Gasteiger partial charge in [-0.3, -0.25) is 9.89 Å². The molecule has 3 N–H and O–H groups in total. The Hall–Kier alpha value is -1.79. The fraction of sp³-hybridized carbons (Fsp3) is 0.682. The molecule has 28 heavy (non-hydrogen) atoms. The van der Waals surface area contributed by atoms with Crippen LogP contribution in [0.2, 0.25) is 0 Å². The van der Waals surface area contributed by atoms with Gasteiger partial charge in [0.25, 0.3) is 0 Å². The number of aryl methyl sites for hydroxylation is 1. The zero-order chi connectivity index (χ0) is 19.8. The highest BCUT2D eigenvalue weighted by molar-refractivity contribution is 5.80. The van der Waals surface area contributed by atoms with Gasteiger partial charge in [0.2, 0.25) is 0 Å². The molecule has 1 aromatic rings. The Bertz CT molecular complexity index is 631. The van der Waals surface area contributed by atoms with Gasteiger partial charge in [0.15, 0.2) is 5.96 Å². The molecule has 156 valence electrons. The van der Waals surface area contributed by atoms with Crippen molar-refractivity contribution in [3.8, 4) is 5.75 Å². The van der Waals surface area contributed by atoms with E-state index in [1.165, 1.54) is 32.2 Å². The van der Waals surface area contributed by atoms with Crippen molar-refractivity contribution in [1.29, 1.82) is 0 Å². The van der Waals surface area contributed by atoms with Crippen LogP contribution in [0.4, 0.5) is 0 Å². The van der Waals surface area contributed by atoms with Gasteiger partial charge in [-0.25, -0.2) is 0 Å². The number of nitrogens with one attached hydrogen (secondary N) is 2. The van der Waals surface area contributed by atoms with Crippen LogP contribution in [0.25, 0.3) is 0 Å². The number of aliphatic hydroxyl groups excluding tert-OH is 1. The van der Waals surface area contributed by atoms with Crippen LogP contribution in [0.15, 0.2) is 29.3 Å². The lowest BCUT2D eigenvalue weighted by atomic mass is 10.2. The molecule has 2 unspecified atom stereocenters. The van der Waals surface area contributed by atoms with Gasteiger partial charge in [-0.05, 0) is 50.8 Å². The van der Waals surface area contributed by atoms with Crippen molar-refractivity contribution in [2.45, 2.75) is 64.1 Å². The zero-order valence-electron chi connectivity index (χ0n) is 17.4. The summed E-state index contributed by atoms with van der Waals surface area (Å²) in [4.78, 5) is 7.21. The number of benzene rings is 1. The summed E-state index contributed by atoms with van der Waals surface area (Å²) >= 11 is 0. The first kappa shape index (κ1) is 20.9. The third-order valence-corrected chi connectivity index (χ3v) is 5.64. The molecule has 3 rings (SSSR count). The third-order valence-electron chi connectivity index (χ3n) is 5.64. The average molecular weight is 389 g/mol. The molecule has 1 aliphatic heterocycles. The van der Waals surface area contributed by atoms with E-state index in [-0.39, 0.29) is 6.61 Å². The van der Waals surface area contributed by atoms with Crippen molar-refractivity contribution in [2.24, 2.45) is 4.99 Å². The van der Waals surface area contributed by atoms with E-state index < -0.39 is 6.10 Å². The van der Waals surface area contributed by atoms with E-state index in [0.29, 0.717) is 12.6 Å². The number of hydrogen-bond acceptors (Lipinski definition) is 4. The van der Waals surface area contributed by atoms with E-state index in [1.807, 2.05) is 31.2 Å². The van der Waals surface area contributed by atoms with Crippen LogP contribution in [0.3, 0.4) is 0 Å². The molecular formula is C22H36N4O2. The number of likely N-dealkylation sites (tertiary alicyclic amines) is 1. The molecule has 1 aliphatic carbocycles. The molecule has 6 nitrogen and oxygen atoms in total. The summed E-state index contributed by atoms with van der Waals surface area (Å²) in [6.07, 6.45) is 5.99. The molecule has 1 aromatic carbocycles. The maximum Gasteiger partial charge on any atom is 0.191 e. The lowest BCUT2D eigenvalue weighted by Crippen LogP contribution is -2.45. The van der Waals surface area contributed by atoms with Crippen LogP contribution in [0.5, 0.6) is 5.75 Å². The topological polar surface area (TPSA) is 69.1 Å². The molecule has 6 heteroatoms. The molecule has 0 amide bonds. The highest BCUT2D eigenvalue weighted by Crippen LogP contribution is 2.26. The SMILES string of the molecule is CCNC(=NCC(O)COc1cccc(C)c1)NC1CCN(C2CCCC2)C1. The Labute approximate surface area is 169 Å². The largest absolute Gasteiger partial charge is 0.491 e. The van der Waals surface area contributed by atoms with E-state index in [9.17, 15) is 5.11 Å². The van der Waals surface area contributed by atoms with Crippen LogP contribution >= 0.6 is 0 Å². The number of guanidine groups is 1. The second-order valence-corrected chi connectivity index (χ2v) is 8.06. The molecule has 1 heterocycles. The maximum absolute atomic E-state index is 10.2. The van der Waals surface area contributed by atoms with E-state index in [2.05, 4.69) is 27.4 Å². The summed E-state index contributed by atoms with van der Waals surface area (Å²) in [6, 6.07) is 9.08. The van der Waals surface area contributed by atoms with Crippen molar-refractivity contribution in [3.63, 3.8) is 0 Å². The van der Waals surface area contributed by atoms with Crippen molar-refractivity contribution >= 4 is 5.96 Å². The monoisotopic (exact) mass is 388 g/mol. The van der Waals surface area contributed by atoms with Crippen LogP contribution in [-0.4, -0.2) is 66.9 Å². The van der Waals surface area contributed by atoms with Gasteiger partial charge in [0, 0.05) is 31.7 Å². The summed E-state index contributed by atoms with van der Waals surface area (Å²) in [6.45, 7) is 7.72. The first-order valence-electron chi connectivity index (χ1n) is 10.8. The smallest absolute Gasteiger partial charge is 0.191 e. The molecule has 1 saturated carbocycles. The number of aliphatic hydroxyl groups is 1. The number of ether oxygens (including phenoxy) is 1. The lowest BCUT2D eigenvalue weighted by Gasteiger charge is -2.24. The Morgan fingerprint density at radius 3 is 2.89 bits per heavy atom.